The van der Waals surface area contributed by atoms with Crippen LogP contribution in [-0.4, -0.2) is 17.3 Å². The second-order valence-electron chi connectivity index (χ2n) is 3.08. The van der Waals surface area contributed by atoms with Crippen LogP contribution in [0.3, 0.4) is 0 Å². The predicted molar refractivity (Wildman–Crippen MR) is 55.4 cm³/mol. The first-order valence-corrected chi connectivity index (χ1v) is 4.44. The molecule has 0 radical (unpaired) electrons. The van der Waals surface area contributed by atoms with Gasteiger partial charge in [-0.25, -0.2) is 0 Å². The highest BCUT2D eigenvalue weighted by Crippen LogP contribution is 2.27. The lowest BCUT2D eigenvalue weighted by molar-refractivity contribution is 0.417. The minimum atomic E-state index is 0.460. The molecule has 0 saturated heterocycles. The molecule has 5 heteroatoms. The summed E-state index contributed by atoms with van der Waals surface area (Å²) in [5.41, 5.74) is 7.09. The number of hydrogen-bond donors (Lipinski definition) is 1. The van der Waals surface area contributed by atoms with Gasteiger partial charge in [0, 0.05) is 12.5 Å². The average Bonchev–Trinajstić information content (AvgIpc) is 2.65. The zero-order chi connectivity index (χ0) is 10.8. The van der Waals surface area contributed by atoms with Gasteiger partial charge in [-0.2, -0.15) is 0 Å². The molecule has 15 heavy (non-hydrogen) atoms. The van der Waals surface area contributed by atoms with Crippen LogP contribution in [0.4, 0.5) is 5.69 Å². The number of ether oxygens (including phenoxy) is 1. The number of benzene rings is 1. The Bertz CT molecular complexity index is 479. The van der Waals surface area contributed by atoms with Gasteiger partial charge in [-0.3, -0.25) is 0 Å². The lowest BCUT2D eigenvalue weighted by Crippen LogP contribution is -1.92. The van der Waals surface area contributed by atoms with Crippen LogP contribution in [-0.2, 0) is 0 Å². The van der Waals surface area contributed by atoms with E-state index < -0.39 is 0 Å². The van der Waals surface area contributed by atoms with Gasteiger partial charge < -0.3 is 14.9 Å². The highest BCUT2D eigenvalue weighted by Gasteiger charge is 2.08. The molecule has 78 valence electrons. The second-order valence-corrected chi connectivity index (χ2v) is 3.08. The van der Waals surface area contributed by atoms with E-state index in [-0.39, 0.29) is 0 Å². The maximum Gasteiger partial charge on any atom is 0.247 e. The largest absolute Gasteiger partial charge is 0.495 e. The first kappa shape index (κ1) is 9.51. The summed E-state index contributed by atoms with van der Waals surface area (Å²) >= 11 is 0. The molecule has 0 saturated carbocycles. The molecule has 5 nitrogen and oxygen atoms in total. The topological polar surface area (TPSA) is 74.2 Å². The van der Waals surface area contributed by atoms with E-state index >= 15 is 0 Å². The Hall–Kier alpha value is -2.04. The summed E-state index contributed by atoms with van der Waals surface area (Å²) in [6, 6.07) is 5.33. The van der Waals surface area contributed by atoms with E-state index in [2.05, 4.69) is 10.2 Å². The van der Waals surface area contributed by atoms with Gasteiger partial charge in [-0.15, -0.1) is 10.2 Å². The molecule has 2 rings (SSSR count). The van der Waals surface area contributed by atoms with Crippen molar-refractivity contribution in [1.82, 2.24) is 10.2 Å². The fourth-order valence-electron chi connectivity index (χ4n) is 1.28. The molecule has 0 bridgehead atoms. The number of nitrogens with two attached hydrogens (primary N) is 1. The second kappa shape index (κ2) is 3.61. The van der Waals surface area contributed by atoms with Crippen LogP contribution in [0.2, 0.25) is 0 Å². The van der Waals surface area contributed by atoms with Crippen LogP contribution in [0.1, 0.15) is 5.89 Å². The van der Waals surface area contributed by atoms with Crippen LogP contribution in [0.15, 0.2) is 22.6 Å². The molecular weight excluding hydrogens is 194 g/mol. The summed E-state index contributed by atoms with van der Waals surface area (Å²) in [5, 5.41) is 7.65. The third-order valence-corrected chi connectivity index (χ3v) is 2.00. The molecule has 1 aromatic heterocycles. The molecule has 0 aliphatic rings. The average molecular weight is 205 g/mol. The minimum Gasteiger partial charge on any atom is -0.495 e. The third kappa shape index (κ3) is 1.76. The number of aromatic nitrogens is 2. The monoisotopic (exact) mass is 205 g/mol. The van der Waals surface area contributed by atoms with Gasteiger partial charge in [0.1, 0.15) is 5.75 Å². The number of nitrogen functional groups attached to an aromatic ring is 1. The number of anilines is 1. The Morgan fingerprint density at radius 2 is 2.13 bits per heavy atom. The molecule has 0 spiro atoms. The van der Waals surface area contributed by atoms with Gasteiger partial charge in [-0.1, -0.05) is 0 Å². The third-order valence-electron chi connectivity index (χ3n) is 2.00. The van der Waals surface area contributed by atoms with E-state index in [1.54, 1.807) is 26.2 Å². The number of methoxy groups -OCH3 is 1. The zero-order valence-electron chi connectivity index (χ0n) is 8.52. The van der Waals surface area contributed by atoms with Crippen LogP contribution < -0.4 is 10.5 Å². The van der Waals surface area contributed by atoms with E-state index in [1.807, 2.05) is 6.07 Å². The summed E-state index contributed by atoms with van der Waals surface area (Å²) in [6.07, 6.45) is 0. The van der Waals surface area contributed by atoms with Crippen molar-refractivity contribution in [1.29, 1.82) is 0 Å². The van der Waals surface area contributed by atoms with Crippen molar-refractivity contribution < 1.29 is 9.15 Å². The highest BCUT2D eigenvalue weighted by atomic mass is 16.5. The molecule has 0 aliphatic heterocycles. The Morgan fingerprint density at radius 3 is 2.67 bits per heavy atom. The van der Waals surface area contributed by atoms with E-state index in [0.717, 1.165) is 5.56 Å². The quantitative estimate of drug-likeness (QED) is 0.754. The Labute approximate surface area is 86.9 Å². The maximum atomic E-state index is 5.76. The van der Waals surface area contributed by atoms with Crippen molar-refractivity contribution in [3.8, 4) is 17.2 Å². The summed E-state index contributed by atoms with van der Waals surface area (Å²) < 4.78 is 10.3. The summed E-state index contributed by atoms with van der Waals surface area (Å²) in [4.78, 5) is 0. The van der Waals surface area contributed by atoms with Gasteiger partial charge in [0.05, 0.1) is 12.8 Å². The Morgan fingerprint density at radius 1 is 1.33 bits per heavy atom. The minimum absolute atomic E-state index is 0.460. The normalized spacial score (nSPS) is 10.3. The van der Waals surface area contributed by atoms with Crippen LogP contribution in [0.25, 0.3) is 11.5 Å². The van der Waals surface area contributed by atoms with Gasteiger partial charge in [0.15, 0.2) is 0 Å². The molecule has 0 amide bonds. The van der Waals surface area contributed by atoms with Crippen LogP contribution in [0.5, 0.6) is 5.75 Å². The number of hydrogen-bond acceptors (Lipinski definition) is 5. The molecule has 2 N–H and O–H groups in total. The lowest BCUT2D eigenvalue weighted by atomic mass is 10.2. The predicted octanol–water partition coefficient (Wildman–Crippen LogP) is 1.64. The molecule has 2 aromatic rings. The number of aryl methyl sites for hydroxylation is 1. The molecule has 1 heterocycles. The van der Waals surface area contributed by atoms with Gasteiger partial charge in [0.25, 0.3) is 0 Å². The molecule has 0 fully saturated rings. The van der Waals surface area contributed by atoms with Crippen LogP contribution in [0, 0.1) is 6.92 Å². The van der Waals surface area contributed by atoms with Crippen molar-refractivity contribution in [3.63, 3.8) is 0 Å². The molecule has 0 unspecified atom stereocenters. The zero-order valence-corrected chi connectivity index (χ0v) is 8.52. The Balaban J connectivity index is 2.42. The highest BCUT2D eigenvalue weighted by molar-refractivity contribution is 5.65. The van der Waals surface area contributed by atoms with Crippen molar-refractivity contribution in [2.24, 2.45) is 0 Å². The number of nitrogens with zero attached hydrogens (tertiary/aromatic N) is 2. The van der Waals surface area contributed by atoms with Gasteiger partial charge >= 0.3 is 0 Å². The summed E-state index contributed by atoms with van der Waals surface area (Å²) in [5.74, 6) is 1.62. The van der Waals surface area contributed by atoms with Crippen molar-refractivity contribution in [3.05, 3.63) is 24.1 Å². The van der Waals surface area contributed by atoms with E-state index in [9.17, 15) is 0 Å². The SMILES string of the molecule is COc1ccc(-c2nnc(C)o2)cc1N. The molecule has 0 aliphatic carbocycles. The lowest BCUT2D eigenvalue weighted by Gasteiger charge is -2.04. The Kier molecular flexibility index (Phi) is 2.29. The first-order valence-electron chi connectivity index (χ1n) is 4.44. The van der Waals surface area contributed by atoms with E-state index in [1.165, 1.54) is 0 Å². The molecule has 1 aromatic carbocycles. The summed E-state index contributed by atoms with van der Waals surface area (Å²) in [6.45, 7) is 1.74. The van der Waals surface area contributed by atoms with E-state index in [0.29, 0.717) is 23.2 Å². The summed E-state index contributed by atoms with van der Waals surface area (Å²) in [7, 11) is 1.57. The van der Waals surface area contributed by atoms with E-state index in [4.69, 9.17) is 14.9 Å². The van der Waals surface area contributed by atoms with Crippen molar-refractivity contribution >= 4 is 5.69 Å². The van der Waals surface area contributed by atoms with Crippen molar-refractivity contribution in [2.75, 3.05) is 12.8 Å². The standard InChI is InChI=1S/C10H11N3O2/c1-6-12-13-10(15-6)7-3-4-9(14-2)8(11)5-7/h3-5H,11H2,1-2H3. The van der Waals surface area contributed by atoms with Crippen LogP contribution >= 0.6 is 0 Å². The van der Waals surface area contributed by atoms with Gasteiger partial charge in [-0.05, 0) is 18.2 Å². The first-order chi connectivity index (χ1) is 7.20. The fourth-order valence-corrected chi connectivity index (χ4v) is 1.28. The van der Waals surface area contributed by atoms with Gasteiger partial charge in [0.2, 0.25) is 11.8 Å². The maximum absolute atomic E-state index is 5.76. The van der Waals surface area contributed by atoms with Crippen molar-refractivity contribution in [2.45, 2.75) is 6.92 Å². The fraction of sp³-hybridized carbons (Fsp3) is 0.200. The molecular formula is C10H11N3O2. The smallest absolute Gasteiger partial charge is 0.247 e. The molecule has 0 atom stereocenters. The number of rotatable bonds is 2.